The van der Waals surface area contributed by atoms with E-state index >= 15 is 8.78 Å². The number of amides is 4. The van der Waals surface area contributed by atoms with E-state index in [4.69, 9.17) is 14.7 Å². The molecule has 3 fully saturated rings. The zero-order valence-electron chi connectivity index (χ0n) is 38.0. The molecule has 0 radical (unpaired) electrons. The third-order valence-electron chi connectivity index (χ3n) is 13.5. The standard InChI is InChI=1S/C47H54F5N9O6/c1-23(2)39(57-45(64)67-6)43(62)59-17-7-9-36(59)41-53-30-13-11-25(19-32(30)55-41)34-15-16-35(61(34)38-22-28(48)27(21-29(38)49)47(50,51)52)26-12-14-31-33(20-26)56-42(54-31)37-10-8-18-60(37)44(63)40(24(3)4)58(5)46(65)66/h11-14,19-24,34-37,39-40H,7-10,15-18H2,1-6H3,(H,53,55)(H,54,56)(H,57,64)(H,65,66)/t34-,35-,36+,37+,39+,40+/m1/s1. The van der Waals surface area contributed by atoms with E-state index in [1.807, 2.05) is 26.0 Å². The number of carbonyl (C=O) groups is 4. The lowest BCUT2D eigenvalue weighted by Crippen LogP contribution is -2.51. The number of alkyl halides is 3. The number of imidazole rings is 2. The average molecular weight is 936 g/mol. The molecule has 6 atom stereocenters. The van der Waals surface area contributed by atoms with Crippen molar-refractivity contribution in [1.29, 1.82) is 0 Å². The average Bonchev–Trinajstić information content (AvgIpc) is 4.13. The maximum absolute atomic E-state index is 16.2. The number of methoxy groups -OCH3 is 1. The minimum atomic E-state index is -5.13. The normalized spacial score (nSPS) is 20.9. The lowest BCUT2D eigenvalue weighted by Gasteiger charge is -2.34. The number of nitrogens with zero attached hydrogens (tertiary/aromatic N) is 6. The molecule has 4 amide bonds. The summed E-state index contributed by atoms with van der Waals surface area (Å²) in [7, 11) is 2.60. The number of halogens is 5. The predicted octanol–water partition coefficient (Wildman–Crippen LogP) is 9.16. The van der Waals surface area contributed by atoms with Gasteiger partial charge in [-0.1, -0.05) is 39.8 Å². The first-order valence-corrected chi connectivity index (χ1v) is 22.5. The number of fused-ring (bicyclic) bond motifs is 2. The minimum absolute atomic E-state index is 0.192. The van der Waals surface area contributed by atoms with Crippen LogP contribution >= 0.6 is 0 Å². The second-order valence-electron chi connectivity index (χ2n) is 18.4. The van der Waals surface area contributed by atoms with E-state index in [-0.39, 0.29) is 35.4 Å². The molecular weight excluding hydrogens is 882 g/mol. The van der Waals surface area contributed by atoms with Gasteiger partial charge < -0.3 is 39.8 Å². The Bertz CT molecular complexity index is 2700. The summed E-state index contributed by atoms with van der Waals surface area (Å²) in [5.41, 5.74) is 1.59. The highest BCUT2D eigenvalue weighted by atomic mass is 19.4. The molecule has 5 heterocycles. The van der Waals surface area contributed by atoms with Crippen LogP contribution in [0.25, 0.3) is 22.1 Å². The molecule has 20 heteroatoms. The van der Waals surface area contributed by atoms with Crippen molar-refractivity contribution in [2.24, 2.45) is 11.8 Å². The van der Waals surface area contributed by atoms with Crippen LogP contribution in [0, 0.1) is 23.5 Å². The number of aromatic amines is 2. The molecule has 4 N–H and O–H groups in total. The van der Waals surface area contributed by atoms with E-state index in [0.29, 0.717) is 103 Å². The third kappa shape index (κ3) is 8.93. The van der Waals surface area contributed by atoms with Crippen molar-refractivity contribution in [3.8, 4) is 0 Å². The van der Waals surface area contributed by atoms with Crippen LogP contribution in [0.4, 0.5) is 37.2 Å². The molecule has 3 aliphatic heterocycles. The molecule has 0 spiro atoms. The monoisotopic (exact) mass is 935 g/mol. The van der Waals surface area contributed by atoms with Gasteiger partial charge in [-0.3, -0.25) is 14.5 Å². The fourth-order valence-electron chi connectivity index (χ4n) is 10.3. The molecule has 3 aliphatic rings. The second-order valence-corrected chi connectivity index (χ2v) is 18.4. The highest BCUT2D eigenvalue weighted by molar-refractivity contribution is 5.87. The van der Waals surface area contributed by atoms with Crippen molar-refractivity contribution >= 4 is 51.8 Å². The zero-order chi connectivity index (χ0) is 48.2. The number of hydrogen-bond donors (Lipinski definition) is 4. The van der Waals surface area contributed by atoms with Gasteiger partial charge in [0.2, 0.25) is 11.8 Å². The summed E-state index contributed by atoms with van der Waals surface area (Å²) < 4.78 is 77.9. The zero-order valence-corrected chi connectivity index (χ0v) is 38.0. The molecule has 0 saturated carbocycles. The third-order valence-corrected chi connectivity index (χ3v) is 13.5. The van der Waals surface area contributed by atoms with Crippen molar-refractivity contribution in [2.45, 2.75) is 109 Å². The second kappa shape index (κ2) is 18.3. The van der Waals surface area contributed by atoms with Crippen molar-refractivity contribution in [2.75, 3.05) is 32.1 Å². The molecular formula is C47H54F5N9O6. The Morgan fingerprint density at radius 1 is 0.761 bits per heavy atom. The van der Waals surface area contributed by atoms with Crippen LogP contribution in [0.1, 0.15) is 119 Å². The highest BCUT2D eigenvalue weighted by Crippen LogP contribution is 2.49. The molecule has 15 nitrogen and oxygen atoms in total. The molecule has 0 aliphatic carbocycles. The van der Waals surface area contributed by atoms with Gasteiger partial charge in [0.1, 0.15) is 35.4 Å². The number of H-pyrrole nitrogens is 2. The maximum Gasteiger partial charge on any atom is 0.419 e. The lowest BCUT2D eigenvalue weighted by molar-refractivity contribution is -0.140. The first-order valence-electron chi connectivity index (χ1n) is 22.5. The summed E-state index contributed by atoms with van der Waals surface area (Å²) in [6.45, 7) is 8.08. The molecule has 8 rings (SSSR count). The number of carboxylic acid groups (broad SMARTS) is 1. The molecule has 3 saturated heterocycles. The van der Waals surface area contributed by atoms with Gasteiger partial charge in [-0.2, -0.15) is 13.2 Å². The Hall–Kier alpha value is -6.47. The number of nitrogens with one attached hydrogen (secondary N) is 3. The molecule has 2 aromatic heterocycles. The number of carbonyl (C=O) groups excluding carboxylic acids is 3. The van der Waals surface area contributed by atoms with Crippen LogP contribution in [0.5, 0.6) is 0 Å². The number of benzene rings is 3. The van der Waals surface area contributed by atoms with Crippen LogP contribution in [-0.2, 0) is 20.5 Å². The number of hydrogen-bond acceptors (Lipinski definition) is 8. The maximum atomic E-state index is 16.2. The summed E-state index contributed by atoms with van der Waals surface area (Å²) in [6, 6.07) is 7.67. The number of ether oxygens (including phenoxy) is 1. The topological polar surface area (TPSA) is 180 Å². The van der Waals surface area contributed by atoms with E-state index in [1.54, 1.807) is 52.8 Å². The van der Waals surface area contributed by atoms with E-state index < -0.39 is 71.8 Å². The van der Waals surface area contributed by atoms with E-state index in [0.717, 1.165) is 4.90 Å². The van der Waals surface area contributed by atoms with E-state index in [2.05, 4.69) is 15.3 Å². The van der Waals surface area contributed by atoms with Gasteiger partial charge in [0.05, 0.1) is 64.6 Å². The van der Waals surface area contributed by atoms with Gasteiger partial charge in [0.25, 0.3) is 0 Å². The minimum Gasteiger partial charge on any atom is -0.465 e. The van der Waals surface area contributed by atoms with Gasteiger partial charge >= 0.3 is 18.4 Å². The van der Waals surface area contributed by atoms with Gasteiger partial charge in [-0.25, -0.2) is 28.3 Å². The molecule has 67 heavy (non-hydrogen) atoms. The molecule has 5 aromatic rings. The van der Waals surface area contributed by atoms with Gasteiger partial charge in [-0.05, 0) is 91.8 Å². The quantitative estimate of drug-likeness (QED) is 0.0940. The predicted molar refractivity (Wildman–Crippen MR) is 237 cm³/mol. The van der Waals surface area contributed by atoms with Crippen molar-refractivity contribution in [3.63, 3.8) is 0 Å². The van der Waals surface area contributed by atoms with Crippen LogP contribution in [0.15, 0.2) is 48.5 Å². The fourth-order valence-corrected chi connectivity index (χ4v) is 10.3. The number of likely N-dealkylation sites (tertiary alicyclic amines) is 2. The number of aromatic nitrogens is 4. The Balaban J connectivity index is 1.12. The summed E-state index contributed by atoms with van der Waals surface area (Å²) >= 11 is 0. The first-order chi connectivity index (χ1) is 31.8. The Kier molecular flexibility index (Phi) is 12.9. The van der Waals surface area contributed by atoms with Gasteiger partial charge in [0, 0.05) is 26.2 Å². The SMILES string of the molecule is COC(=O)N[C@H](C(=O)N1CCC[C@H]1c1nc2ccc([C@H]3CC[C@H](c4ccc5nc([C@@H]6CCCN6C(=O)[C@H](C(C)C)N(C)C(=O)O)[nH]c5c4)N3c3cc(F)c(C(F)(F)F)cc3F)cc2[nH]1)C(C)C. The largest absolute Gasteiger partial charge is 0.465 e. The highest BCUT2D eigenvalue weighted by Gasteiger charge is 2.43. The number of rotatable bonds is 11. The molecule has 358 valence electrons. The number of likely N-dealkylation sites (N-methyl/N-ethyl adjacent to an activating group) is 1. The number of anilines is 1. The van der Waals surface area contributed by atoms with Crippen molar-refractivity contribution < 1.29 is 51.0 Å². The smallest absolute Gasteiger partial charge is 0.419 e. The number of alkyl carbamates (subject to hydrolysis) is 1. The van der Waals surface area contributed by atoms with Crippen LogP contribution < -0.4 is 10.2 Å². The van der Waals surface area contributed by atoms with E-state index in [1.165, 1.54) is 14.2 Å². The summed E-state index contributed by atoms with van der Waals surface area (Å²) in [5.74, 6) is -2.95. The Morgan fingerprint density at radius 2 is 1.28 bits per heavy atom. The van der Waals surface area contributed by atoms with Crippen LogP contribution in [-0.4, -0.2) is 103 Å². The lowest BCUT2D eigenvalue weighted by atomic mass is 10.0. The van der Waals surface area contributed by atoms with Gasteiger partial charge in [-0.15, -0.1) is 0 Å². The molecule has 0 bridgehead atoms. The summed E-state index contributed by atoms with van der Waals surface area (Å²) in [5, 5.41) is 12.4. The Labute approximate surface area is 383 Å². The summed E-state index contributed by atoms with van der Waals surface area (Å²) in [6.07, 6.45) is -3.69. The van der Waals surface area contributed by atoms with E-state index in [9.17, 15) is 37.5 Å². The summed E-state index contributed by atoms with van der Waals surface area (Å²) in [4.78, 5) is 74.1. The first kappa shape index (κ1) is 47.0. The van der Waals surface area contributed by atoms with Crippen LogP contribution in [0.3, 0.4) is 0 Å². The van der Waals surface area contributed by atoms with Crippen LogP contribution in [0.2, 0.25) is 0 Å². The Morgan fingerprint density at radius 3 is 1.75 bits per heavy atom. The fraction of sp³-hybridized carbons (Fsp3) is 0.489. The van der Waals surface area contributed by atoms with Crippen molar-refractivity contribution in [3.05, 3.63) is 88.5 Å². The van der Waals surface area contributed by atoms with Crippen molar-refractivity contribution in [1.82, 2.24) is 40.0 Å². The molecule has 3 aromatic carbocycles. The van der Waals surface area contributed by atoms with Gasteiger partial charge in [0.15, 0.2) is 0 Å². The molecule has 0 unspecified atom stereocenters.